The van der Waals surface area contributed by atoms with Crippen molar-refractivity contribution in [1.29, 1.82) is 0 Å². The van der Waals surface area contributed by atoms with E-state index < -0.39 is 0 Å². The number of carbonyl (C=O) groups is 1. The van der Waals surface area contributed by atoms with Gasteiger partial charge in [-0.25, -0.2) is 0 Å². The summed E-state index contributed by atoms with van der Waals surface area (Å²) in [7, 11) is 0. The molecule has 0 spiro atoms. The molecule has 3 unspecified atom stereocenters. The van der Waals surface area contributed by atoms with Crippen molar-refractivity contribution < 1.29 is 9.32 Å². The Kier molecular flexibility index (Phi) is 4.92. The van der Waals surface area contributed by atoms with Crippen LogP contribution >= 0.6 is 12.4 Å². The third kappa shape index (κ3) is 3.53. The number of nitrogens with zero attached hydrogens (tertiary/aromatic N) is 3. The van der Waals surface area contributed by atoms with Crippen LogP contribution in [0.2, 0.25) is 0 Å². The highest BCUT2D eigenvalue weighted by atomic mass is 35.5. The summed E-state index contributed by atoms with van der Waals surface area (Å²) in [5.41, 5.74) is 5.94. The molecule has 3 atom stereocenters. The molecule has 7 heteroatoms. The van der Waals surface area contributed by atoms with Gasteiger partial charge in [-0.1, -0.05) is 5.16 Å². The van der Waals surface area contributed by atoms with Gasteiger partial charge in [-0.05, 0) is 44.9 Å². The number of hydrogen-bond acceptors (Lipinski definition) is 5. The van der Waals surface area contributed by atoms with Crippen molar-refractivity contribution in [3.8, 4) is 0 Å². The van der Waals surface area contributed by atoms with E-state index in [1.54, 1.807) is 0 Å². The van der Waals surface area contributed by atoms with Gasteiger partial charge in [-0.2, -0.15) is 4.98 Å². The molecule has 1 amide bonds. The minimum atomic E-state index is 0. The molecule has 2 heterocycles. The molecule has 0 radical (unpaired) electrons. The van der Waals surface area contributed by atoms with E-state index in [1.165, 1.54) is 12.8 Å². The Hall–Kier alpha value is -1.14. The van der Waals surface area contributed by atoms with Crippen LogP contribution in [0.5, 0.6) is 0 Å². The Morgan fingerprint density at radius 2 is 2.00 bits per heavy atom. The van der Waals surface area contributed by atoms with Crippen LogP contribution in [0.4, 0.5) is 0 Å². The maximum absolute atomic E-state index is 12.7. The minimum Gasteiger partial charge on any atom is -0.342 e. The summed E-state index contributed by atoms with van der Waals surface area (Å²) < 4.78 is 5.37. The highest BCUT2D eigenvalue weighted by Crippen LogP contribution is 2.39. The molecule has 0 bridgehead atoms. The van der Waals surface area contributed by atoms with Crippen molar-refractivity contribution in [2.75, 3.05) is 13.1 Å². The molecular formula is C16H25ClN4O2. The molecule has 3 aliphatic rings. The van der Waals surface area contributed by atoms with E-state index in [2.05, 4.69) is 10.1 Å². The van der Waals surface area contributed by atoms with Crippen LogP contribution in [0.3, 0.4) is 0 Å². The second-order valence-electron chi connectivity index (χ2n) is 7.16. The summed E-state index contributed by atoms with van der Waals surface area (Å²) in [4.78, 5) is 19.2. The number of aromatic nitrogens is 2. The minimum absolute atomic E-state index is 0. The number of amides is 1. The van der Waals surface area contributed by atoms with Crippen LogP contribution in [0.15, 0.2) is 4.52 Å². The summed E-state index contributed by atoms with van der Waals surface area (Å²) in [6.07, 6.45) is 7.14. The van der Waals surface area contributed by atoms with Gasteiger partial charge in [0.1, 0.15) is 0 Å². The number of hydrogen-bond donors (Lipinski definition) is 1. The Bertz CT molecular complexity index is 560. The highest BCUT2D eigenvalue weighted by molar-refractivity contribution is 5.85. The van der Waals surface area contributed by atoms with E-state index in [0.29, 0.717) is 5.92 Å². The molecule has 3 fully saturated rings. The zero-order chi connectivity index (χ0) is 15.1. The molecule has 6 nitrogen and oxygen atoms in total. The number of carbonyl (C=O) groups excluding carboxylic acids is 1. The number of likely N-dealkylation sites (tertiary alicyclic amines) is 1. The first-order chi connectivity index (χ1) is 10.7. The first-order valence-electron chi connectivity index (χ1n) is 8.58. The second-order valence-corrected chi connectivity index (χ2v) is 7.16. The fourth-order valence-corrected chi connectivity index (χ4v) is 3.80. The Morgan fingerprint density at radius 1 is 1.17 bits per heavy atom. The molecule has 4 rings (SSSR count). The molecule has 1 saturated heterocycles. The van der Waals surface area contributed by atoms with Gasteiger partial charge in [0.15, 0.2) is 5.82 Å². The first-order valence-corrected chi connectivity index (χ1v) is 8.58. The van der Waals surface area contributed by atoms with Gasteiger partial charge in [0.05, 0.1) is 0 Å². The van der Waals surface area contributed by atoms with E-state index in [0.717, 1.165) is 56.9 Å². The zero-order valence-electron chi connectivity index (χ0n) is 13.3. The van der Waals surface area contributed by atoms with Gasteiger partial charge in [0, 0.05) is 36.9 Å². The molecule has 0 aromatic carbocycles. The predicted octanol–water partition coefficient (Wildman–Crippen LogP) is 2.20. The summed E-state index contributed by atoms with van der Waals surface area (Å²) in [5.74, 6) is 2.71. The number of nitrogens with two attached hydrogens (primary N) is 1. The summed E-state index contributed by atoms with van der Waals surface area (Å²) in [5, 5.41) is 4.16. The summed E-state index contributed by atoms with van der Waals surface area (Å²) >= 11 is 0. The standard InChI is InChI=1S/C16H24N4O2.ClH/c17-13-6-5-11(8-13)16(21)20-7-1-2-12(9-20)14-18-15(22-19-14)10-3-4-10;/h10-13H,1-9,17H2;1H. The van der Waals surface area contributed by atoms with Crippen LogP contribution in [0.1, 0.15) is 68.5 Å². The molecule has 1 aromatic heterocycles. The lowest BCUT2D eigenvalue weighted by Gasteiger charge is -2.33. The van der Waals surface area contributed by atoms with Crippen molar-refractivity contribution in [2.45, 2.75) is 62.8 Å². The van der Waals surface area contributed by atoms with Crippen LogP contribution in [-0.2, 0) is 4.79 Å². The van der Waals surface area contributed by atoms with Crippen LogP contribution in [0.25, 0.3) is 0 Å². The van der Waals surface area contributed by atoms with E-state index in [1.807, 2.05) is 4.90 Å². The monoisotopic (exact) mass is 340 g/mol. The molecule has 1 aromatic rings. The summed E-state index contributed by atoms with van der Waals surface area (Å²) in [6.45, 7) is 1.59. The van der Waals surface area contributed by atoms with Gasteiger partial charge < -0.3 is 15.2 Å². The quantitative estimate of drug-likeness (QED) is 0.911. The van der Waals surface area contributed by atoms with Gasteiger partial charge in [0.25, 0.3) is 0 Å². The maximum Gasteiger partial charge on any atom is 0.229 e. The van der Waals surface area contributed by atoms with Gasteiger partial charge >= 0.3 is 0 Å². The largest absolute Gasteiger partial charge is 0.342 e. The molecular weight excluding hydrogens is 316 g/mol. The number of halogens is 1. The second kappa shape index (κ2) is 6.77. The van der Waals surface area contributed by atoms with E-state index in [4.69, 9.17) is 10.3 Å². The lowest BCUT2D eigenvalue weighted by molar-refractivity contribution is -0.136. The molecule has 23 heavy (non-hydrogen) atoms. The zero-order valence-corrected chi connectivity index (χ0v) is 14.1. The number of piperidine rings is 1. The van der Waals surface area contributed by atoms with Crippen molar-refractivity contribution in [1.82, 2.24) is 15.0 Å². The van der Waals surface area contributed by atoms with Crippen LogP contribution in [0, 0.1) is 5.92 Å². The number of rotatable bonds is 3. The lowest BCUT2D eigenvalue weighted by Crippen LogP contribution is -2.42. The molecule has 2 saturated carbocycles. The molecule has 2 N–H and O–H groups in total. The van der Waals surface area contributed by atoms with E-state index >= 15 is 0 Å². The van der Waals surface area contributed by atoms with Crippen molar-refractivity contribution in [2.24, 2.45) is 11.7 Å². The lowest BCUT2D eigenvalue weighted by atomic mass is 9.95. The van der Waals surface area contributed by atoms with Gasteiger partial charge in [0.2, 0.25) is 11.8 Å². The van der Waals surface area contributed by atoms with E-state index in [9.17, 15) is 4.79 Å². The third-order valence-electron chi connectivity index (χ3n) is 5.30. The van der Waals surface area contributed by atoms with Gasteiger partial charge in [-0.3, -0.25) is 4.79 Å². The van der Waals surface area contributed by atoms with Crippen molar-refractivity contribution in [3.05, 3.63) is 11.7 Å². The molecule has 1 aliphatic heterocycles. The maximum atomic E-state index is 12.7. The average Bonchev–Trinajstić information content (AvgIpc) is 3.10. The normalized spacial score (nSPS) is 31.0. The van der Waals surface area contributed by atoms with Crippen molar-refractivity contribution in [3.63, 3.8) is 0 Å². The van der Waals surface area contributed by atoms with Crippen LogP contribution < -0.4 is 5.73 Å². The fourth-order valence-electron chi connectivity index (χ4n) is 3.80. The van der Waals surface area contributed by atoms with Gasteiger partial charge in [-0.15, -0.1) is 12.4 Å². The van der Waals surface area contributed by atoms with E-state index in [-0.39, 0.29) is 36.2 Å². The average molecular weight is 341 g/mol. The fraction of sp³-hybridized carbons (Fsp3) is 0.812. The smallest absolute Gasteiger partial charge is 0.229 e. The topological polar surface area (TPSA) is 85.3 Å². The Balaban J connectivity index is 0.00000156. The highest BCUT2D eigenvalue weighted by Gasteiger charge is 2.35. The first kappa shape index (κ1) is 16.7. The Labute approximate surface area is 142 Å². The third-order valence-corrected chi connectivity index (χ3v) is 5.30. The molecule has 128 valence electrons. The molecule has 2 aliphatic carbocycles. The summed E-state index contributed by atoms with van der Waals surface area (Å²) in [6, 6.07) is 0.202. The van der Waals surface area contributed by atoms with Crippen molar-refractivity contribution >= 4 is 18.3 Å². The van der Waals surface area contributed by atoms with Crippen LogP contribution in [-0.4, -0.2) is 40.1 Å². The Morgan fingerprint density at radius 3 is 2.70 bits per heavy atom. The predicted molar refractivity (Wildman–Crippen MR) is 87.4 cm³/mol. The SMILES string of the molecule is Cl.NC1CCC(C(=O)N2CCCC(c3noc(C4CC4)n3)C2)C1.